The van der Waals surface area contributed by atoms with E-state index in [4.69, 9.17) is 23.7 Å². The maximum absolute atomic E-state index is 13.0. The number of fused-ring (bicyclic) bond motifs is 1. The van der Waals surface area contributed by atoms with Crippen molar-refractivity contribution in [3.05, 3.63) is 77.9 Å². The highest BCUT2D eigenvalue weighted by Gasteiger charge is 2.19. The molecular formula is C29H28O6. The van der Waals surface area contributed by atoms with E-state index < -0.39 is 0 Å². The molecule has 0 unspecified atom stereocenters. The van der Waals surface area contributed by atoms with Gasteiger partial charge in [-0.25, -0.2) is 0 Å². The van der Waals surface area contributed by atoms with Crippen molar-refractivity contribution < 1.29 is 28.5 Å². The molecular weight excluding hydrogens is 444 g/mol. The van der Waals surface area contributed by atoms with Crippen LogP contribution in [0.4, 0.5) is 0 Å². The Morgan fingerprint density at radius 1 is 0.686 bits per heavy atom. The van der Waals surface area contributed by atoms with Crippen molar-refractivity contribution >= 4 is 16.7 Å². The van der Waals surface area contributed by atoms with Gasteiger partial charge in [0, 0.05) is 5.56 Å². The standard InChI is InChI=1S/C29H28O6/c1-18-24(35-28(30)14-19-11-12-23(31-2)25(13-19)32-3)15-21-16-26(33-4)27(34-5)17-22(21)29(18)20-9-7-6-8-10-20/h6-13,15-17H,14H2,1-5H3. The lowest BCUT2D eigenvalue weighted by Crippen LogP contribution is -2.12. The van der Waals surface area contributed by atoms with Crippen molar-refractivity contribution in [2.75, 3.05) is 28.4 Å². The van der Waals surface area contributed by atoms with Crippen molar-refractivity contribution in [2.45, 2.75) is 13.3 Å². The fourth-order valence-electron chi connectivity index (χ4n) is 4.20. The minimum Gasteiger partial charge on any atom is -0.493 e. The highest BCUT2D eigenvalue weighted by molar-refractivity contribution is 6.02. The number of hydrogen-bond acceptors (Lipinski definition) is 6. The fourth-order valence-corrected chi connectivity index (χ4v) is 4.20. The molecule has 0 heterocycles. The summed E-state index contributed by atoms with van der Waals surface area (Å²) in [5, 5.41) is 1.85. The zero-order chi connectivity index (χ0) is 24.9. The highest BCUT2D eigenvalue weighted by atomic mass is 16.5. The summed E-state index contributed by atoms with van der Waals surface area (Å²) >= 11 is 0. The first-order chi connectivity index (χ1) is 17.0. The van der Waals surface area contributed by atoms with Crippen LogP contribution in [0.25, 0.3) is 21.9 Å². The lowest BCUT2D eigenvalue weighted by molar-refractivity contribution is -0.133. The lowest BCUT2D eigenvalue weighted by Gasteiger charge is -2.18. The number of rotatable bonds is 8. The van der Waals surface area contributed by atoms with Crippen LogP contribution in [0.5, 0.6) is 28.7 Å². The van der Waals surface area contributed by atoms with Crippen LogP contribution in [-0.4, -0.2) is 34.4 Å². The van der Waals surface area contributed by atoms with Crippen LogP contribution in [0.15, 0.2) is 66.7 Å². The molecule has 0 aromatic heterocycles. The third kappa shape index (κ3) is 4.87. The molecule has 4 rings (SSSR count). The molecule has 4 aromatic carbocycles. The lowest BCUT2D eigenvalue weighted by atomic mass is 9.93. The predicted octanol–water partition coefficient (Wildman–Crippen LogP) is 6.00. The van der Waals surface area contributed by atoms with E-state index in [1.165, 1.54) is 0 Å². The van der Waals surface area contributed by atoms with Crippen molar-refractivity contribution in [3.8, 4) is 39.9 Å². The van der Waals surface area contributed by atoms with Gasteiger partial charge in [0.05, 0.1) is 34.9 Å². The Morgan fingerprint density at radius 3 is 1.94 bits per heavy atom. The topological polar surface area (TPSA) is 63.2 Å². The number of esters is 1. The summed E-state index contributed by atoms with van der Waals surface area (Å²) in [7, 11) is 6.35. The second-order valence-electron chi connectivity index (χ2n) is 8.01. The molecule has 4 aromatic rings. The average molecular weight is 473 g/mol. The zero-order valence-corrected chi connectivity index (χ0v) is 20.5. The third-order valence-electron chi connectivity index (χ3n) is 5.94. The van der Waals surface area contributed by atoms with Gasteiger partial charge in [-0.3, -0.25) is 4.79 Å². The van der Waals surface area contributed by atoms with Gasteiger partial charge in [0.15, 0.2) is 23.0 Å². The van der Waals surface area contributed by atoms with Gasteiger partial charge in [0.1, 0.15) is 5.75 Å². The van der Waals surface area contributed by atoms with E-state index in [-0.39, 0.29) is 12.4 Å². The first-order valence-corrected chi connectivity index (χ1v) is 11.1. The molecule has 0 aliphatic carbocycles. The smallest absolute Gasteiger partial charge is 0.315 e. The van der Waals surface area contributed by atoms with Gasteiger partial charge in [-0.2, -0.15) is 0 Å². The second-order valence-corrected chi connectivity index (χ2v) is 8.01. The maximum Gasteiger partial charge on any atom is 0.315 e. The predicted molar refractivity (Wildman–Crippen MR) is 136 cm³/mol. The van der Waals surface area contributed by atoms with Crippen LogP contribution in [0.1, 0.15) is 11.1 Å². The second kappa shape index (κ2) is 10.4. The Kier molecular flexibility index (Phi) is 7.11. The summed E-state index contributed by atoms with van der Waals surface area (Å²) in [6.07, 6.45) is 0.0877. The molecule has 0 aliphatic heterocycles. The number of carbonyl (C=O) groups excluding carboxylic acids is 1. The summed E-state index contributed by atoms with van der Waals surface area (Å²) in [6.45, 7) is 1.96. The largest absolute Gasteiger partial charge is 0.493 e. The van der Waals surface area contributed by atoms with Crippen LogP contribution < -0.4 is 23.7 Å². The first kappa shape index (κ1) is 24.0. The van der Waals surface area contributed by atoms with Crippen LogP contribution in [0.2, 0.25) is 0 Å². The van der Waals surface area contributed by atoms with Crippen molar-refractivity contribution in [1.82, 2.24) is 0 Å². The van der Waals surface area contributed by atoms with Gasteiger partial charge in [-0.05, 0) is 64.7 Å². The molecule has 0 fully saturated rings. The molecule has 0 spiro atoms. The third-order valence-corrected chi connectivity index (χ3v) is 5.94. The molecule has 0 aliphatic rings. The summed E-state index contributed by atoms with van der Waals surface area (Å²) in [6, 6.07) is 21.1. The fraction of sp³-hybridized carbons (Fsp3) is 0.207. The van der Waals surface area contributed by atoms with Crippen molar-refractivity contribution in [3.63, 3.8) is 0 Å². The minimum absolute atomic E-state index is 0.0877. The number of benzene rings is 4. The van der Waals surface area contributed by atoms with E-state index in [1.807, 2.05) is 61.5 Å². The monoisotopic (exact) mass is 472 g/mol. The maximum atomic E-state index is 13.0. The Morgan fingerprint density at radius 2 is 1.29 bits per heavy atom. The van der Waals surface area contributed by atoms with E-state index in [0.29, 0.717) is 28.7 Å². The van der Waals surface area contributed by atoms with E-state index in [9.17, 15) is 4.79 Å². The summed E-state index contributed by atoms with van der Waals surface area (Å²) in [5.74, 6) is 2.52. The summed E-state index contributed by atoms with van der Waals surface area (Å²) < 4.78 is 27.6. The minimum atomic E-state index is -0.376. The molecule has 0 radical (unpaired) electrons. The SMILES string of the molecule is COc1ccc(CC(=O)Oc2cc3cc(OC)c(OC)cc3c(-c3ccccc3)c2C)cc1OC. The Balaban J connectivity index is 1.76. The Labute approximate surface area is 205 Å². The first-order valence-electron chi connectivity index (χ1n) is 11.1. The van der Waals surface area contributed by atoms with Crippen LogP contribution in [-0.2, 0) is 11.2 Å². The summed E-state index contributed by atoms with van der Waals surface area (Å²) in [4.78, 5) is 13.0. The van der Waals surface area contributed by atoms with E-state index in [2.05, 4.69) is 0 Å². The Hall–Kier alpha value is -4.19. The number of ether oxygens (including phenoxy) is 5. The molecule has 0 saturated carbocycles. The van der Waals surface area contributed by atoms with Crippen LogP contribution in [0.3, 0.4) is 0 Å². The molecule has 0 atom stereocenters. The average Bonchev–Trinajstić information content (AvgIpc) is 2.88. The summed E-state index contributed by atoms with van der Waals surface area (Å²) in [5.41, 5.74) is 3.61. The van der Waals surface area contributed by atoms with Crippen molar-refractivity contribution in [1.29, 1.82) is 0 Å². The number of hydrogen-bond donors (Lipinski definition) is 0. The normalized spacial score (nSPS) is 10.7. The Bertz CT molecular complexity index is 1360. The van der Waals surface area contributed by atoms with Gasteiger partial charge in [0.25, 0.3) is 0 Å². The molecule has 0 bridgehead atoms. The highest BCUT2D eigenvalue weighted by Crippen LogP contribution is 2.42. The van der Waals surface area contributed by atoms with E-state index in [1.54, 1.807) is 40.6 Å². The van der Waals surface area contributed by atoms with Gasteiger partial charge < -0.3 is 23.7 Å². The molecule has 180 valence electrons. The zero-order valence-electron chi connectivity index (χ0n) is 20.5. The van der Waals surface area contributed by atoms with Crippen LogP contribution >= 0.6 is 0 Å². The molecule has 6 nitrogen and oxygen atoms in total. The van der Waals surface area contributed by atoms with Gasteiger partial charge >= 0.3 is 5.97 Å². The molecule has 0 saturated heterocycles. The molecule has 35 heavy (non-hydrogen) atoms. The van der Waals surface area contributed by atoms with Gasteiger partial charge in [-0.1, -0.05) is 36.4 Å². The van der Waals surface area contributed by atoms with Crippen LogP contribution in [0, 0.1) is 6.92 Å². The molecule has 0 N–H and O–H groups in total. The quantitative estimate of drug-likeness (QED) is 0.232. The molecule has 0 amide bonds. The van der Waals surface area contributed by atoms with Crippen molar-refractivity contribution in [2.24, 2.45) is 0 Å². The van der Waals surface area contributed by atoms with E-state index >= 15 is 0 Å². The number of methoxy groups -OCH3 is 4. The number of carbonyl (C=O) groups is 1. The van der Waals surface area contributed by atoms with Gasteiger partial charge in [0.2, 0.25) is 0 Å². The van der Waals surface area contributed by atoms with Gasteiger partial charge in [-0.15, -0.1) is 0 Å². The molecule has 6 heteroatoms. The van der Waals surface area contributed by atoms with E-state index in [0.717, 1.165) is 33.0 Å².